The molecule has 0 fully saturated rings. The number of carbonyl (C=O) groups is 4. The average Bonchev–Trinajstić information content (AvgIpc) is 2.99. The van der Waals surface area contributed by atoms with Gasteiger partial charge in [0.25, 0.3) is 0 Å². The molecule has 3 aromatic rings. The Labute approximate surface area is 251 Å². The summed E-state index contributed by atoms with van der Waals surface area (Å²) >= 11 is 6.86. The third-order valence-corrected chi connectivity index (χ3v) is 8.14. The maximum atomic E-state index is 14.0. The highest BCUT2D eigenvalue weighted by Crippen LogP contribution is 2.49. The molecule has 2 aliphatic rings. The lowest BCUT2D eigenvalue weighted by molar-refractivity contribution is -0.139. The van der Waals surface area contributed by atoms with Gasteiger partial charge >= 0.3 is 11.9 Å². The summed E-state index contributed by atoms with van der Waals surface area (Å²) < 4.78 is 10.7. The van der Waals surface area contributed by atoms with Crippen LogP contribution in [0.4, 0.5) is 5.69 Å². The zero-order valence-electron chi connectivity index (χ0n) is 21.5. The fourth-order valence-corrected chi connectivity index (χ4v) is 6.68. The molecule has 1 atom stereocenters. The van der Waals surface area contributed by atoms with Crippen molar-refractivity contribution in [2.24, 2.45) is 5.73 Å². The maximum Gasteiger partial charge on any atom is 0.355 e. The summed E-state index contributed by atoms with van der Waals surface area (Å²) in [6.07, 6.45) is 0. The molecule has 9 nitrogen and oxygen atoms in total. The van der Waals surface area contributed by atoms with E-state index >= 15 is 0 Å². The molecule has 0 saturated carbocycles. The average molecular weight is 677 g/mol. The van der Waals surface area contributed by atoms with E-state index in [0.717, 1.165) is 19.1 Å². The molecule has 1 heterocycles. The lowest BCUT2D eigenvalue weighted by Crippen LogP contribution is -2.42. The summed E-state index contributed by atoms with van der Waals surface area (Å²) in [4.78, 5) is 55.7. The van der Waals surface area contributed by atoms with E-state index in [1.165, 1.54) is 12.1 Å². The van der Waals surface area contributed by atoms with Crippen LogP contribution in [0.15, 0.2) is 92.3 Å². The molecule has 5 rings (SSSR count). The Balaban J connectivity index is 1.93. The first-order valence-corrected chi connectivity index (χ1v) is 13.6. The van der Waals surface area contributed by atoms with Crippen LogP contribution < -0.4 is 10.6 Å². The van der Waals surface area contributed by atoms with Gasteiger partial charge in [-0.15, -0.1) is 0 Å². The minimum absolute atomic E-state index is 0.0189. The zero-order chi connectivity index (χ0) is 29.6. The second-order valence-electron chi connectivity index (χ2n) is 8.98. The molecule has 0 bridgehead atoms. The van der Waals surface area contributed by atoms with Crippen LogP contribution in [-0.4, -0.2) is 37.7 Å². The number of esters is 2. The molecule has 3 aromatic carbocycles. The van der Waals surface area contributed by atoms with Crippen LogP contribution in [0.3, 0.4) is 0 Å². The van der Waals surface area contributed by atoms with Gasteiger partial charge < -0.3 is 15.2 Å². The molecule has 0 spiro atoms. The largest absolute Gasteiger partial charge is 0.466 e. The SMILES string of the molecule is COC(=O)C1=C(C(=O)OC)N(c2c(Br)cc(Br)c3c2C(=O)c2ccccc2C3=O)C(N)=C(C#N)C1c1ccccc1. The van der Waals surface area contributed by atoms with Crippen LogP contribution in [-0.2, 0) is 19.1 Å². The number of allylic oxidation sites excluding steroid dienone is 1. The van der Waals surface area contributed by atoms with Gasteiger partial charge in [-0.25, -0.2) is 9.59 Å². The number of carbonyl (C=O) groups excluding carboxylic acids is 4. The van der Waals surface area contributed by atoms with E-state index in [9.17, 15) is 24.4 Å². The number of rotatable bonds is 4. The van der Waals surface area contributed by atoms with Gasteiger partial charge in [-0.05, 0) is 43.5 Å². The van der Waals surface area contributed by atoms with E-state index in [-0.39, 0.29) is 55.1 Å². The normalized spacial score (nSPS) is 16.2. The Morgan fingerprint density at radius 1 is 0.878 bits per heavy atom. The van der Waals surface area contributed by atoms with Crippen molar-refractivity contribution < 1.29 is 28.7 Å². The van der Waals surface area contributed by atoms with Crippen LogP contribution in [0.25, 0.3) is 0 Å². The van der Waals surface area contributed by atoms with E-state index in [2.05, 4.69) is 37.9 Å². The van der Waals surface area contributed by atoms with Gasteiger partial charge in [0.1, 0.15) is 11.5 Å². The summed E-state index contributed by atoms with van der Waals surface area (Å²) in [5.74, 6) is -4.19. The van der Waals surface area contributed by atoms with Gasteiger partial charge in [0.2, 0.25) is 0 Å². The maximum absolute atomic E-state index is 14.0. The Morgan fingerprint density at radius 3 is 2.00 bits per heavy atom. The molecule has 1 aliphatic heterocycles. The van der Waals surface area contributed by atoms with Crippen LogP contribution in [0, 0.1) is 11.3 Å². The number of fused-ring (bicyclic) bond motifs is 2. The quantitative estimate of drug-likeness (QED) is 0.300. The summed E-state index contributed by atoms with van der Waals surface area (Å²) in [6.45, 7) is 0. The first kappa shape index (κ1) is 28.0. The Kier molecular flexibility index (Phi) is 7.38. The Bertz CT molecular complexity index is 1790. The Morgan fingerprint density at radius 2 is 1.44 bits per heavy atom. The second kappa shape index (κ2) is 10.8. The minimum atomic E-state index is -1.10. The van der Waals surface area contributed by atoms with Gasteiger partial charge in [-0.1, -0.05) is 54.6 Å². The van der Waals surface area contributed by atoms with Crippen LogP contribution in [0.2, 0.25) is 0 Å². The fraction of sp³-hybridized carbons (Fsp3) is 0.100. The second-order valence-corrected chi connectivity index (χ2v) is 10.7. The third kappa shape index (κ3) is 4.27. The highest BCUT2D eigenvalue weighted by Gasteiger charge is 2.46. The van der Waals surface area contributed by atoms with E-state index in [4.69, 9.17) is 15.2 Å². The number of methoxy groups -OCH3 is 2. The van der Waals surface area contributed by atoms with Crippen molar-refractivity contribution in [1.82, 2.24) is 0 Å². The summed E-state index contributed by atoms with van der Waals surface area (Å²) in [6, 6.07) is 18.5. The van der Waals surface area contributed by atoms with Crippen LogP contribution in [0.5, 0.6) is 0 Å². The van der Waals surface area contributed by atoms with Gasteiger partial charge in [0.05, 0.1) is 54.2 Å². The number of ether oxygens (including phenoxy) is 2. The Hall–Kier alpha value is -4.53. The minimum Gasteiger partial charge on any atom is -0.466 e. The molecular formula is C30H19Br2N3O6. The first-order chi connectivity index (χ1) is 19.7. The molecule has 0 radical (unpaired) electrons. The van der Waals surface area contributed by atoms with E-state index < -0.39 is 29.4 Å². The van der Waals surface area contributed by atoms with Crippen molar-refractivity contribution in [1.29, 1.82) is 5.26 Å². The number of ketones is 2. The van der Waals surface area contributed by atoms with Crippen molar-refractivity contribution in [2.75, 3.05) is 19.1 Å². The van der Waals surface area contributed by atoms with Gasteiger partial charge in [0, 0.05) is 20.1 Å². The first-order valence-electron chi connectivity index (χ1n) is 12.0. The highest BCUT2D eigenvalue weighted by molar-refractivity contribution is 9.11. The highest BCUT2D eigenvalue weighted by atomic mass is 79.9. The van der Waals surface area contributed by atoms with Crippen molar-refractivity contribution in [2.45, 2.75) is 5.92 Å². The number of benzene rings is 3. The number of halogens is 2. The van der Waals surface area contributed by atoms with Gasteiger partial charge in [-0.2, -0.15) is 5.26 Å². The molecule has 204 valence electrons. The number of hydrogen-bond acceptors (Lipinski definition) is 9. The van der Waals surface area contributed by atoms with E-state index in [1.807, 2.05) is 0 Å². The molecule has 11 heteroatoms. The molecular weight excluding hydrogens is 658 g/mol. The molecule has 1 unspecified atom stereocenters. The predicted octanol–water partition coefficient (Wildman–Crippen LogP) is 4.88. The lowest BCUT2D eigenvalue weighted by Gasteiger charge is -2.38. The van der Waals surface area contributed by atoms with Gasteiger partial charge in [-0.3, -0.25) is 14.5 Å². The topological polar surface area (TPSA) is 140 Å². The number of anilines is 1. The summed E-state index contributed by atoms with van der Waals surface area (Å²) in [7, 11) is 2.26. The lowest BCUT2D eigenvalue weighted by atomic mass is 9.79. The monoisotopic (exact) mass is 675 g/mol. The molecule has 41 heavy (non-hydrogen) atoms. The fourth-order valence-electron chi connectivity index (χ4n) is 5.16. The number of nitrogens with zero attached hydrogens (tertiary/aromatic N) is 2. The van der Waals surface area contributed by atoms with Gasteiger partial charge in [0.15, 0.2) is 11.6 Å². The predicted molar refractivity (Wildman–Crippen MR) is 155 cm³/mol. The van der Waals surface area contributed by atoms with E-state index in [1.54, 1.807) is 48.5 Å². The molecule has 1 aliphatic carbocycles. The van der Waals surface area contributed by atoms with Crippen molar-refractivity contribution >= 4 is 61.1 Å². The molecule has 0 saturated heterocycles. The smallest absolute Gasteiger partial charge is 0.355 e. The number of nitriles is 1. The summed E-state index contributed by atoms with van der Waals surface area (Å²) in [5.41, 5.74) is 6.76. The van der Waals surface area contributed by atoms with Crippen molar-refractivity contribution in [3.05, 3.63) is 120 Å². The van der Waals surface area contributed by atoms with Crippen molar-refractivity contribution in [3.8, 4) is 6.07 Å². The molecule has 0 aromatic heterocycles. The molecule has 0 amide bonds. The van der Waals surface area contributed by atoms with E-state index in [0.29, 0.717) is 10.0 Å². The standard InChI is InChI=1S/C30H19Br2N3O6/c1-40-29(38)23-20(14-8-4-3-5-9-14)17(13-33)28(34)35(25(23)30(39)41-2)24-19(32)12-18(31)21-22(24)27(37)16-11-7-6-10-15(16)26(21)36/h3-12,20H,34H2,1-2H3. The third-order valence-electron chi connectivity index (χ3n) is 6.91. The number of hydrogen-bond donors (Lipinski definition) is 1. The van der Waals surface area contributed by atoms with Crippen molar-refractivity contribution in [3.63, 3.8) is 0 Å². The number of nitrogens with two attached hydrogens (primary N) is 1. The van der Waals surface area contributed by atoms with Crippen LogP contribution >= 0.6 is 31.9 Å². The molecule has 2 N–H and O–H groups in total. The van der Waals surface area contributed by atoms with Crippen LogP contribution in [0.1, 0.15) is 43.3 Å². The zero-order valence-corrected chi connectivity index (χ0v) is 24.7. The summed E-state index contributed by atoms with van der Waals surface area (Å²) in [5, 5.41) is 10.3.